The lowest BCUT2D eigenvalue weighted by Gasteiger charge is -2.00. The Bertz CT molecular complexity index is 310. The molecule has 7 heteroatoms. The van der Waals surface area contributed by atoms with Crippen LogP contribution >= 0.6 is 12.0 Å². The maximum Gasteiger partial charge on any atom is 0.315 e. The lowest BCUT2D eigenvalue weighted by Crippen LogP contribution is -2.00. The van der Waals surface area contributed by atoms with Gasteiger partial charge in [0.15, 0.2) is 0 Å². The fourth-order valence-corrected chi connectivity index (χ4v) is 1.07. The van der Waals surface area contributed by atoms with Gasteiger partial charge in [0.25, 0.3) is 0 Å². The minimum atomic E-state index is -0.436. The first kappa shape index (κ1) is 9.59. The van der Waals surface area contributed by atoms with E-state index in [1.54, 1.807) is 0 Å². The third-order valence-corrected chi connectivity index (χ3v) is 1.63. The molecule has 70 valence electrons. The highest BCUT2D eigenvalue weighted by molar-refractivity contribution is 7.94. The first-order valence-corrected chi connectivity index (χ1v) is 4.07. The first-order chi connectivity index (χ1) is 6.08. The van der Waals surface area contributed by atoms with Crippen LogP contribution in [0, 0.1) is 0 Å². The third kappa shape index (κ3) is 3.16. The zero-order valence-corrected chi connectivity index (χ0v) is 7.67. The number of aromatic nitrogens is 2. The maximum absolute atomic E-state index is 10.4. The Morgan fingerprint density at radius 1 is 1.46 bits per heavy atom. The van der Waals surface area contributed by atoms with Gasteiger partial charge in [-0.25, -0.2) is 9.97 Å². The van der Waals surface area contributed by atoms with Crippen LogP contribution in [0.25, 0.3) is 0 Å². The number of carbonyl (C=O) groups excluding carboxylic acids is 1. The average molecular weight is 200 g/mol. The summed E-state index contributed by atoms with van der Waals surface area (Å²) in [5.74, 6) is 0.0406. The number of hydrogen-bond acceptors (Lipinski definition) is 7. The van der Waals surface area contributed by atoms with Crippen LogP contribution in [0.2, 0.25) is 0 Å². The molecule has 0 spiro atoms. The molecule has 0 aromatic carbocycles. The summed E-state index contributed by atoms with van der Waals surface area (Å²) < 4.78 is 4.58. The second-order valence-electron chi connectivity index (χ2n) is 2.16. The molecule has 0 unspecified atom stereocenters. The first-order valence-electron chi connectivity index (χ1n) is 3.33. The average Bonchev–Trinajstić information content (AvgIpc) is 1.99. The van der Waals surface area contributed by atoms with Gasteiger partial charge in [-0.1, -0.05) is 0 Å². The molecule has 1 aromatic rings. The highest BCUT2D eigenvalue weighted by Crippen LogP contribution is 2.16. The van der Waals surface area contributed by atoms with Crippen molar-refractivity contribution in [1.82, 2.24) is 9.97 Å². The van der Waals surface area contributed by atoms with Gasteiger partial charge in [0, 0.05) is 13.0 Å². The predicted molar refractivity (Wildman–Crippen MR) is 48.5 cm³/mol. The predicted octanol–water partition coefficient (Wildman–Crippen LogP) is 0.211. The molecule has 1 aromatic heterocycles. The van der Waals surface area contributed by atoms with E-state index in [2.05, 4.69) is 14.2 Å². The Hall–Kier alpha value is -1.50. The van der Waals surface area contributed by atoms with E-state index in [9.17, 15) is 4.79 Å². The van der Waals surface area contributed by atoms with E-state index in [1.165, 1.54) is 13.0 Å². The number of nitrogens with zero attached hydrogens (tertiary/aromatic N) is 2. The minimum absolute atomic E-state index is 0.215. The molecule has 0 aliphatic heterocycles. The lowest BCUT2D eigenvalue weighted by atomic mass is 10.5. The highest BCUT2D eigenvalue weighted by Gasteiger charge is 2.03. The smallest absolute Gasteiger partial charge is 0.315 e. The molecule has 0 radical (unpaired) electrons. The highest BCUT2D eigenvalue weighted by atomic mass is 32.2. The largest absolute Gasteiger partial charge is 0.383 e. The van der Waals surface area contributed by atoms with Gasteiger partial charge < -0.3 is 15.7 Å². The zero-order valence-electron chi connectivity index (χ0n) is 6.85. The third-order valence-electron chi connectivity index (χ3n) is 0.979. The van der Waals surface area contributed by atoms with Gasteiger partial charge in [0.1, 0.15) is 23.7 Å². The van der Waals surface area contributed by atoms with E-state index in [-0.39, 0.29) is 16.8 Å². The lowest BCUT2D eigenvalue weighted by molar-refractivity contribution is -0.130. The van der Waals surface area contributed by atoms with Crippen molar-refractivity contribution in [3.63, 3.8) is 0 Å². The molecule has 0 aliphatic rings. The van der Waals surface area contributed by atoms with E-state index in [4.69, 9.17) is 11.5 Å². The molecule has 0 saturated carbocycles. The number of nitrogens with two attached hydrogens (primary N) is 2. The fourth-order valence-electron chi connectivity index (χ4n) is 0.595. The summed E-state index contributed by atoms with van der Waals surface area (Å²) >= 11 is 0.725. The van der Waals surface area contributed by atoms with Crippen LogP contribution in [0.5, 0.6) is 0 Å². The van der Waals surface area contributed by atoms with Crippen molar-refractivity contribution in [3.8, 4) is 0 Å². The Morgan fingerprint density at radius 3 is 2.46 bits per heavy atom. The van der Waals surface area contributed by atoms with E-state index < -0.39 is 5.97 Å². The molecular weight excluding hydrogens is 192 g/mol. The van der Waals surface area contributed by atoms with Gasteiger partial charge in [0.05, 0.1) is 0 Å². The second kappa shape index (κ2) is 3.94. The minimum Gasteiger partial charge on any atom is -0.383 e. The molecule has 13 heavy (non-hydrogen) atoms. The summed E-state index contributed by atoms with van der Waals surface area (Å²) in [6.07, 6.45) is 0. The molecule has 6 nitrogen and oxygen atoms in total. The molecule has 0 atom stereocenters. The molecule has 1 heterocycles. The van der Waals surface area contributed by atoms with Gasteiger partial charge in [-0.2, -0.15) is 0 Å². The molecule has 1 rings (SSSR count). The molecular formula is C6H8N4O2S. The van der Waals surface area contributed by atoms with Crippen LogP contribution in [-0.4, -0.2) is 15.9 Å². The van der Waals surface area contributed by atoms with Crippen molar-refractivity contribution in [3.05, 3.63) is 6.07 Å². The number of carbonyl (C=O) groups is 1. The number of hydrogen-bond donors (Lipinski definition) is 2. The maximum atomic E-state index is 10.4. The van der Waals surface area contributed by atoms with Crippen LogP contribution in [0.15, 0.2) is 11.2 Å². The monoisotopic (exact) mass is 200 g/mol. The van der Waals surface area contributed by atoms with E-state index in [1.807, 2.05) is 0 Å². The molecule has 0 saturated heterocycles. The quantitative estimate of drug-likeness (QED) is 0.519. The second-order valence-corrected chi connectivity index (χ2v) is 2.86. The van der Waals surface area contributed by atoms with Gasteiger partial charge in [-0.3, -0.25) is 4.79 Å². The topological polar surface area (TPSA) is 104 Å². The van der Waals surface area contributed by atoms with Crippen molar-refractivity contribution >= 4 is 29.6 Å². The van der Waals surface area contributed by atoms with Gasteiger partial charge in [-0.15, -0.1) is 0 Å². The Kier molecular flexibility index (Phi) is 2.91. The molecule has 0 amide bonds. The van der Waals surface area contributed by atoms with Gasteiger partial charge in [-0.05, 0) is 0 Å². The number of anilines is 2. The SMILES string of the molecule is CC(=O)OSc1nc(N)cc(N)n1. The summed E-state index contributed by atoms with van der Waals surface area (Å²) in [5.41, 5.74) is 10.8. The van der Waals surface area contributed by atoms with E-state index in [0.717, 1.165) is 12.0 Å². The van der Waals surface area contributed by atoms with Crippen LogP contribution in [-0.2, 0) is 8.98 Å². The standard InChI is InChI=1S/C6H8N4O2S/c1-3(11)12-13-6-9-4(7)2-5(8)10-6/h2H,1H3,(H4,7,8,9,10). The Morgan fingerprint density at radius 2 is 2.00 bits per heavy atom. The molecule has 0 bridgehead atoms. The van der Waals surface area contributed by atoms with Crippen LogP contribution in [0.4, 0.5) is 11.6 Å². The van der Waals surface area contributed by atoms with Crippen molar-refractivity contribution < 1.29 is 8.98 Å². The Balaban J connectivity index is 2.71. The van der Waals surface area contributed by atoms with E-state index >= 15 is 0 Å². The van der Waals surface area contributed by atoms with Crippen LogP contribution in [0.1, 0.15) is 6.92 Å². The van der Waals surface area contributed by atoms with Crippen molar-refractivity contribution in [2.75, 3.05) is 11.5 Å². The van der Waals surface area contributed by atoms with Crippen LogP contribution < -0.4 is 11.5 Å². The summed E-state index contributed by atoms with van der Waals surface area (Å²) in [4.78, 5) is 18.0. The number of nitrogen functional groups attached to an aromatic ring is 2. The number of rotatable bonds is 2. The van der Waals surface area contributed by atoms with Crippen molar-refractivity contribution in [1.29, 1.82) is 0 Å². The van der Waals surface area contributed by atoms with Crippen molar-refractivity contribution in [2.45, 2.75) is 12.1 Å². The Labute approximate surface area is 78.9 Å². The summed E-state index contributed by atoms with van der Waals surface area (Å²) in [5, 5.41) is 0.215. The molecule has 0 fully saturated rings. The van der Waals surface area contributed by atoms with Gasteiger partial charge >= 0.3 is 5.97 Å². The summed E-state index contributed by atoms with van der Waals surface area (Å²) in [6, 6.07) is 1.41. The fraction of sp³-hybridized carbons (Fsp3) is 0.167. The van der Waals surface area contributed by atoms with Crippen LogP contribution in [0.3, 0.4) is 0 Å². The van der Waals surface area contributed by atoms with Gasteiger partial charge in [0.2, 0.25) is 5.16 Å². The normalized spacial score (nSPS) is 9.62. The van der Waals surface area contributed by atoms with Crippen molar-refractivity contribution in [2.24, 2.45) is 0 Å². The summed E-state index contributed by atoms with van der Waals surface area (Å²) in [7, 11) is 0. The molecule has 0 aliphatic carbocycles. The van der Waals surface area contributed by atoms with E-state index in [0.29, 0.717) is 0 Å². The summed E-state index contributed by atoms with van der Waals surface area (Å²) in [6.45, 7) is 1.28. The zero-order chi connectivity index (χ0) is 9.84. The molecule has 4 N–H and O–H groups in total.